The van der Waals surface area contributed by atoms with Gasteiger partial charge in [0.25, 0.3) is 5.91 Å². The number of aromatic nitrogens is 1. The van der Waals surface area contributed by atoms with Gasteiger partial charge in [0, 0.05) is 26.3 Å². The molecular formula is C18H20N2O3. The number of hydrogen-bond donors (Lipinski definition) is 0. The molecular weight excluding hydrogens is 292 g/mol. The second-order valence-corrected chi connectivity index (χ2v) is 5.53. The predicted octanol–water partition coefficient (Wildman–Crippen LogP) is 2.05. The summed E-state index contributed by atoms with van der Waals surface area (Å²) in [6.07, 6.45) is -0.107. The highest BCUT2D eigenvalue weighted by Crippen LogP contribution is 2.23. The summed E-state index contributed by atoms with van der Waals surface area (Å²) >= 11 is 0. The van der Waals surface area contributed by atoms with Gasteiger partial charge in [-0.3, -0.25) is 9.69 Å². The maximum atomic E-state index is 12.5. The molecule has 1 aromatic carbocycles. The maximum Gasteiger partial charge on any atom is 0.260 e. The molecule has 0 N–H and O–H groups in total. The molecule has 1 aromatic heterocycles. The summed E-state index contributed by atoms with van der Waals surface area (Å²) in [5, 5.41) is 0. The average molecular weight is 312 g/mol. The summed E-state index contributed by atoms with van der Waals surface area (Å²) in [6.45, 7) is 0.454. The summed E-state index contributed by atoms with van der Waals surface area (Å²) in [5.74, 6) is 0.536. The number of rotatable bonds is 5. The van der Waals surface area contributed by atoms with Gasteiger partial charge in [-0.15, -0.1) is 0 Å². The largest absolute Gasteiger partial charge is 0.376 e. The Kier molecular flexibility index (Phi) is 4.69. The number of amides is 1. The van der Waals surface area contributed by atoms with Crippen molar-refractivity contribution >= 4 is 11.7 Å². The highest BCUT2D eigenvalue weighted by atomic mass is 16.5. The van der Waals surface area contributed by atoms with E-state index in [1.165, 1.54) is 12.7 Å². The normalized spacial score (nSPS) is 21.0. The average Bonchev–Trinajstić information content (AvgIpc) is 2.92. The zero-order chi connectivity index (χ0) is 16.2. The fourth-order valence-corrected chi connectivity index (χ4v) is 2.86. The first kappa shape index (κ1) is 15.6. The van der Waals surface area contributed by atoms with E-state index in [4.69, 9.17) is 9.47 Å². The molecule has 1 aliphatic heterocycles. The van der Waals surface area contributed by atoms with Crippen LogP contribution in [0.25, 0.3) is 0 Å². The van der Waals surface area contributed by atoms with Crippen LogP contribution < -0.4 is 4.90 Å². The number of nitrogens with zero attached hydrogens (tertiary/aromatic N) is 2. The van der Waals surface area contributed by atoms with Gasteiger partial charge in [0.05, 0.1) is 6.54 Å². The van der Waals surface area contributed by atoms with Gasteiger partial charge in [-0.2, -0.15) is 0 Å². The predicted molar refractivity (Wildman–Crippen MR) is 87.4 cm³/mol. The molecule has 0 unspecified atom stereocenters. The molecule has 1 fully saturated rings. The standard InChI is InChI=1S/C18H20N2O3/c1-22-15-12-20(18(21)17(15)23-2)16-10-6-9-14(19-16)11-13-7-4-3-5-8-13/h3-10,15,17H,11-12H2,1-2H3/t15-,17-/m1/s1. The van der Waals surface area contributed by atoms with Crippen LogP contribution in [-0.4, -0.2) is 43.9 Å². The minimum atomic E-state index is -0.570. The molecule has 0 saturated carbocycles. The van der Waals surface area contributed by atoms with Gasteiger partial charge in [0.15, 0.2) is 6.10 Å². The zero-order valence-electron chi connectivity index (χ0n) is 13.3. The van der Waals surface area contributed by atoms with Crippen LogP contribution in [0.15, 0.2) is 48.5 Å². The summed E-state index contributed by atoms with van der Waals surface area (Å²) < 4.78 is 10.6. The number of ether oxygens (including phenoxy) is 2. The lowest BCUT2D eigenvalue weighted by Crippen LogP contribution is -2.32. The fraction of sp³-hybridized carbons (Fsp3) is 0.333. The van der Waals surface area contributed by atoms with E-state index >= 15 is 0 Å². The van der Waals surface area contributed by atoms with Crippen molar-refractivity contribution in [3.05, 3.63) is 59.8 Å². The van der Waals surface area contributed by atoms with Crippen molar-refractivity contribution < 1.29 is 14.3 Å². The van der Waals surface area contributed by atoms with E-state index in [-0.39, 0.29) is 12.0 Å². The van der Waals surface area contributed by atoms with Gasteiger partial charge in [-0.1, -0.05) is 36.4 Å². The minimum absolute atomic E-state index is 0.108. The number of hydrogen-bond acceptors (Lipinski definition) is 4. The van der Waals surface area contributed by atoms with E-state index in [0.29, 0.717) is 12.4 Å². The first-order chi connectivity index (χ1) is 11.2. The summed E-state index contributed by atoms with van der Waals surface area (Å²) in [6, 6.07) is 15.9. The van der Waals surface area contributed by atoms with E-state index in [1.807, 2.05) is 36.4 Å². The van der Waals surface area contributed by atoms with Crippen molar-refractivity contribution in [3.8, 4) is 0 Å². The molecule has 2 heterocycles. The van der Waals surface area contributed by atoms with Crippen molar-refractivity contribution in [3.63, 3.8) is 0 Å². The molecule has 0 radical (unpaired) electrons. The van der Waals surface area contributed by atoms with E-state index in [1.54, 1.807) is 12.0 Å². The van der Waals surface area contributed by atoms with Crippen LogP contribution in [0.1, 0.15) is 11.3 Å². The molecule has 1 saturated heterocycles. The van der Waals surface area contributed by atoms with Crippen LogP contribution >= 0.6 is 0 Å². The van der Waals surface area contributed by atoms with Crippen LogP contribution in [-0.2, 0) is 20.7 Å². The molecule has 5 nitrogen and oxygen atoms in total. The number of pyridine rings is 1. The Morgan fingerprint density at radius 1 is 1.09 bits per heavy atom. The van der Waals surface area contributed by atoms with E-state index in [0.717, 1.165) is 12.1 Å². The number of benzene rings is 1. The van der Waals surface area contributed by atoms with E-state index in [9.17, 15) is 4.79 Å². The monoisotopic (exact) mass is 312 g/mol. The smallest absolute Gasteiger partial charge is 0.260 e. The Morgan fingerprint density at radius 2 is 1.87 bits per heavy atom. The van der Waals surface area contributed by atoms with Gasteiger partial charge in [0.1, 0.15) is 11.9 Å². The maximum absolute atomic E-state index is 12.5. The molecule has 5 heteroatoms. The molecule has 0 bridgehead atoms. The fourth-order valence-electron chi connectivity index (χ4n) is 2.86. The highest BCUT2D eigenvalue weighted by molar-refractivity contribution is 5.98. The summed E-state index contributed by atoms with van der Waals surface area (Å²) in [5.41, 5.74) is 2.12. The quantitative estimate of drug-likeness (QED) is 0.848. The Morgan fingerprint density at radius 3 is 2.52 bits per heavy atom. The zero-order valence-corrected chi connectivity index (χ0v) is 13.3. The minimum Gasteiger partial charge on any atom is -0.376 e. The molecule has 1 amide bonds. The van der Waals surface area contributed by atoms with Crippen molar-refractivity contribution in [2.24, 2.45) is 0 Å². The first-order valence-corrected chi connectivity index (χ1v) is 7.59. The van der Waals surface area contributed by atoms with Crippen molar-refractivity contribution in [1.29, 1.82) is 0 Å². The molecule has 2 aromatic rings. The molecule has 2 atom stereocenters. The Balaban J connectivity index is 1.81. The molecule has 120 valence electrons. The lowest BCUT2D eigenvalue weighted by molar-refractivity contribution is -0.129. The Bertz CT molecular complexity index is 675. The van der Waals surface area contributed by atoms with E-state index < -0.39 is 6.10 Å². The summed E-state index contributed by atoms with van der Waals surface area (Å²) in [4.78, 5) is 18.7. The topological polar surface area (TPSA) is 51.7 Å². The van der Waals surface area contributed by atoms with Crippen LogP contribution in [0.3, 0.4) is 0 Å². The van der Waals surface area contributed by atoms with Crippen LogP contribution in [0.5, 0.6) is 0 Å². The molecule has 1 aliphatic rings. The molecule has 3 rings (SSSR count). The summed E-state index contributed by atoms with van der Waals surface area (Å²) in [7, 11) is 3.12. The van der Waals surface area contributed by atoms with Crippen LogP contribution in [0.4, 0.5) is 5.82 Å². The number of anilines is 1. The number of carbonyl (C=O) groups is 1. The second kappa shape index (κ2) is 6.89. The molecule has 0 aliphatic carbocycles. The van der Waals surface area contributed by atoms with Gasteiger partial charge in [-0.25, -0.2) is 4.98 Å². The lowest BCUT2D eigenvalue weighted by atomic mass is 10.1. The Hall–Kier alpha value is -2.24. The van der Waals surface area contributed by atoms with Gasteiger partial charge < -0.3 is 9.47 Å². The Labute approximate surface area is 135 Å². The number of carbonyl (C=O) groups excluding carboxylic acids is 1. The number of methoxy groups -OCH3 is 2. The third-order valence-corrected chi connectivity index (χ3v) is 4.06. The van der Waals surface area contributed by atoms with Crippen molar-refractivity contribution in [2.45, 2.75) is 18.6 Å². The van der Waals surface area contributed by atoms with Crippen LogP contribution in [0, 0.1) is 0 Å². The van der Waals surface area contributed by atoms with Gasteiger partial charge in [0.2, 0.25) is 0 Å². The van der Waals surface area contributed by atoms with Gasteiger partial charge >= 0.3 is 0 Å². The molecule has 23 heavy (non-hydrogen) atoms. The van der Waals surface area contributed by atoms with Crippen LogP contribution in [0.2, 0.25) is 0 Å². The lowest BCUT2D eigenvalue weighted by Gasteiger charge is -2.15. The third-order valence-electron chi connectivity index (χ3n) is 4.06. The van der Waals surface area contributed by atoms with E-state index in [2.05, 4.69) is 17.1 Å². The van der Waals surface area contributed by atoms with Crippen molar-refractivity contribution in [1.82, 2.24) is 4.98 Å². The first-order valence-electron chi connectivity index (χ1n) is 7.59. The molecule has 0 spiro atoms. The SMILES string of the molecule is CO[C@@H]1CN(c2cccc(Cc3ccccc3)n2)C(=O)[C@@H]1OC. The third kappa shape index (κ3) is 3.25. The van der Waals surface area contributed by atoms with Crippen molar-refractivity contribution in [2.75, 3.05) is 25.7 Å². The van der Waals surface area contributed by atoms with Gasteiger partial charge in [-0.05, 0) is 17.7 Å². The second-order valence-electron chi connectivity index (χ2n) is 5.53. The highest BCUT2D eigenvalue weighted by Gasteiger charge is 2.42.